The number of aromatic nitrogens is 2. The van der Waals surface area contributed by atoms with Gasteiger partial charge in [0.1, 0.15) is 5.82 Å². The van der Waals surface area contributed by atoms with Crippen molar-refractivity contribution < 1.29 is 9.50 Å². The number of hydrogen-bond donors (Lipinski definition) is 1. The van der Waals surface area contributed by atoms with Crippen molar-refractivity contribution in [2.45, 2.75) is 50.7 Å². The standard InChI is InChI=1S/C28H34FN3O/c1-31-16-15-27(30-31)21-11-12-22(26(29)19-21)20-32-17-13-25(14-18-32)28(33,24-9-5-6-10-24)23-7-3-2-4-8-23/h2-4,7-8,11-12,15-16,19,24-25,33H,5-6,9-10,13-14,17-18,20H2,1H3. The van der Waals surface area contributed by atoms with E-state index < -0.39 is 5.60 Å². The van der Waals surface area contributed by atoms with E-state index in [1.807, 2.05) is 49.6 Å². The van der Waals surface area contributed by atoms with E-state index in [0.717, 1.165) is 61.2 Å². The summed E-state index contributed by atoms with van der Waals surface area (Å²) in [5.74, 6) is 0.413. The van der Waals surface area contributed by atoms with E-state index in [9.17, 15) is 9.50 Å². The summed E-state index contributed by atoms with van der Waals surface area (Å²) in [6, 6.07) is 17.7. The van der Waals surface area contributed by atoms with Crippen LogP contribution >= 0.6 is 0 Å². The zero-order chi connectivity index (χ0) is 22.8. The van der Waals surface area contributed by atoms with Crippen LogP contribution in [-0.4, -0.2) is 32.9 Å². The molecule has 3 aromatic rings. The molecule has 1 aliphatic carbocycles. The van der Waals surface area contributed by atoms with Gasteiger partial charge >= 0.3 is 0 Å². The minimum absolute atomic E-state index is 0.174. The van der Waals surface area contributed by atoms with Crippen LogP contribution in [-0.2, 0) is 19.2 Å². The van der Waals surface area contributed by atoms with E-state index in [0.29, 0.717) is 12.5 Å². The van der Waals surface area contributed by atoms with E-state index in [2.05, 4.69) is 22.1 Å². The molecule has 0 amide bonds. The molecule has 1 saturated heterocycles. The molecule has 1 aromatic heterocycles. The second kappa shape index (κ2) is 9.40. The highest BCUT2D eigenvalue weighted by molar-refractivity contribution is 5.59. The molecule has 1 atom stereocenters. The first-order valence-corrected chi connectivity index (χ1v) is 12.3. The Morgan fingerprint density at radius 3 is 2.30 bits per heavy atom. The summed E-state index contributed by atoms with van der Waals surface area (Å²) in [5, 5.41) is 16.5. The van der Waals surface area contributed by atoms with E-state index in [1.54, 1.807) is 10.7 Å². The summed E-state index contributed by atoms with van der Waals surface area (Å²) in [7, 11) is 1.86. The Morgan fingerprint density at radius 2 is 1.67 bits per heavy atom. The number of aliphatic hydroxyl groups is 1. The van der Waals surface area contributed by atoms with Gasteiger partial charge in [-0.05, 0) is 68.3 Å². The van der Waals surface area contributed by atoms with Crippen LogP contribution in [0.15, 0.2) is 60.8 Å². The lowest BCUT2D eigenvalue weighted by atomic mass is 9.68. The first kappa shape index (κ1) is 22.3. The summed E-state index contributed by atoms with van der Waals surface area (Å²) >= 11 is 0. The van der Waals surface area contributed by atoms with Crippen molar-refractivity contribution in [3.8, 4) is 11.3 Å². The molecular weight excluding hydrogens is 413 g/mol. The monoisotopic (exact) mass is 447 g/mol. The summed E-state index contributed by atoms with van der Waals surface area (Å²) in [4.78, 5) is 2.33. The van der Waals surface area contributed by atoms with Crippen LogP contribution in [0.5, 0.6) is 0 Å². The third-order valence-corrected chi connectivity index (χ3v) is 7.88. The second-order valence-electron chi connectivity index (χ2n) is 9.90. The van der Waals surface area contributed by atoms with Crippen LogP contribution in [0.3, 0.4) is 0 Å². The Hall–Kier alpha value is -2.50. The first-order valence-electron chi connectivity index (χ1n) is 12.3. The second-order valence-corrected chi connectivity index (χ2v) is 9.90. The molecule has 2 heterocycles. The van der Waals surface area contributed by atoms with Crippen LogP contribution in [0.25, 0.3) is 11.3 Å². The Kier molecular flexibility index (Phi) is 6.35. The summed E-state index contributed by atoms with van der Waals surface area (Å²) in [5.41, 5.74) is 2.64. The predicted octanol–water partition coefficient (Wildman–Crippen LogP) is 5.52. The highest BCUT2D eigenvalue weighted by Crippen LogP contribution is 2.48. The highest BCUT2D eigenvalue weighted by Gasteiger charge is 2.46. The summed E-state index contributed by atoms with van der Waals surface area (Å²) in [6.07, 6.45) is 8.40. The molecule has 33 heavy (non-hydrogen) atoms. The Balaban J connectivity index is 1.27. The number of aryl methyl sites for hydroxylation is 1. The van der Waals surface area contributed by atoms with Crippen molar-refractivity contribution in [3.05, 3.63) is 77.7 Å². The predicted molar refractivity (Wildman–Crippen MR) is 129 cm³/mol. The quantitative estimate of drug-likeness (QED) is 0.541. The smallest absolute Gasteiger partial charge is 0.128 e. The molecule has 174 valence electrons. The van der Waals surface area contributed by atoms with Gasteiger partial charge in [-0.1, -0.05) is 55.3 Å². The molecule has 5 heteroatoms. The topological polar surface area (TPSA) is 41.3 Å². The number of nitrogens with zero attached hydrogens (tertiary/aromatic N) is 3. The Morgan fingerprint density at radius 1 is 0.970 bits per heavy atom. The Bertz CT molecular complexity index is 1070. The number of hydrogen-bond acceptors (Lipinski definition) is 3. The van der Waals surface area contributed by atoms with Crippen LogP contribution in [0.2, 0.25) is 0 Å². The van der Waals surface area contributed by atoms with Gasteiger partial charge in [0.2, 0.25) is 0 Å². The maximum atomic E-state index is 14.9. The molecule has 0 spiro atoms. The molecule has 0 radical (unpaired) electrons. The van der Waals surface area contributed by atoms with Gasteiger partial charge in [0.05, 0.1) is 11.3 Å². The molecule has 2 aliphatic rings. The van der Waals surface area contributed by atoms with Crippen molar-refractivity contribution in [2.24, 2.45) is 18.9 Å². The minimum Gasteiger partial charge on any atom is -0.385 e. The number of halogens is 1. The van der Waals surface area contributed by atoms with Gasteiger partial charge in [0.15, 0.2) is 0 Å². The minimum atomic E-state index is -0.751. The lowest BCUT2D eigenvalue weighted by molar-refractivity contribution is -0.0938. The van der Waals surface area contributed by atoms with Crippen molar-refractivity contribution in [1.82, 2.24) is 14.7 Å². The van der Waals surface area contributed by atoms with E-state index >= 15 is 0 Å². The molecule has 5 rings (SSSR count). The van der Waals surface area contributed by atoms with Gasteiger partial charge < -0.3 is 5.11 Å². The molecule has 1 N–H and O–H groups in total. The van der Waals surface area contributed by atoms with Crippen LogP contribution in [0, 0.1) is 17.7 Å². The number of likely N-dealkylation sites (tertiary alicyclic amines) is 1. The fourth-order valence-corrected chi connectivity index (χ4v) is 6.05. The normalized spacial score (nSPS) is 20.2. The van der Waals surface area contributed by atoms with Crippen molar-refractivity contribution >= 4 is 0 Å². The lowest BCUT2D eigenvalue weighted by Gasteiger charge is -2.45. The lowest BCUT2D eigenvalue weighted by Crippen LogP contribution is -2.47. The molecule has 1 aliphatic heterocycles. The van der Waals surface area contributed by atoms with Gasteiger partial charge in [-0.3, -0.25) is 9.58 Å². The SMILES string of the molecule is Cn1ccc(-c2ccc(CN3CCC(C(O)(c4ccccc4)C4CCCC4)CC3)c(F)c2)n1. The first-order chi connectivity index (χ1) is 16.0. The molecule has 1 unspecified atom stereocenters. The maximum absolute atomic E-state index is 14.9. The number of piperidine rings is 1. The van der Waals surface area contributed by atoms with Crippen molar-refractivity contribution in [3.63, 3.8) is 0 Å². The maximum Gasteiger partial charge on any atom is 0.128 e. The van der Waals surface area contributed by atoms with Crippen molar-refractivity contribution in [2.75, 3.05) is 13.1 Å². The summed E-state index contributed by atoms with van der Waals surface area (Å²) in [6.45, 7) is 2.37. The van der Waals surface area contributed by atoms with Gasteiger partial charge in [-0.25, -0.2) is 4.39 Å². The van der Waals surface area contributed by atoms with Crippen molar-refractivity contribution in [1.29, 1.82) is 0 Å². The van der Waals surface area contributed by atoms with Gasteiger partial charge in [-0.2, -0.15) is 5.10 Å². The highest BCUT2D eigenvalue weighted by atomic mass is 19.1. The number of rotatable bonds is 6. The third-order valence-electron chi connectivity index (χ3n) is 7.88. The summed E-state index contributed by atoms with van der Waals surface area (Å²) < 4.78 is 16.6. The molecule has 0 bridgehead atoms. The molecule has 1 saturated carbocycles. The van der Waals surface area contributed by atoms with E-state index in [4.69, 9.17) is 0 Å². The van der Waals surface area contributed by atoms with Gasteiger partial charge in [0.25, 0.3) is 0 Å². The zero-order valence-corrected chi connectivity index (χ0v) is 19.5. The Labute approximate surface area is 196 Å². The number of benzene rings is 2. The van der Waals surface area contributed by atoms with Gasteiger partial charge in [0, 0.05) is 30.9 Å². The average Bonchev–Trinajstić information content (AvgIpc) is 3.53. The fraction of sp³-hybridized carbons (Fsp3) is 0.464. The average molecular weight is 448 g/mol. The molecule has 2 fully saturated rings. The van der Waals surface area contributed by atoms with Crippen LogP contribution < -0.4 is 0 Å². The zero-order valence-electron chi connectivity index (χ0n) is 19.5. The largest absolute Gasteiger partial charge is 0.385 e. The fourth-order valence-electron chi connectivity index (χ4n) is 6.05. The van der Waals surface area contributed by atoms with E-state index in [-0.39, 0.29) is 11.7 Å². The molecular formula is C28H34FN3O. The van der Waals surface area contributed by atoms with Crippen LogP contribution in [0.1, 0.15) is 49.7 Å². The van der Waals surface area contributed by atoms with Crippen LogP contribution in [0.4, 0.5) is 4.39 Å². The molecule has 2 aromatic carbocycles. The van der Waals surface area contributed by atoms with Gasteiger partial charge in [-0.15, -0.1) is 0 Å². The third kappa shape index (κ3) is 4.49. The van der Waals surface area contributed by atoms with E-state index in [1.165, 1.54) is 12.8 Å². The molecule has 4 nitrogen and oxygen atoms in total.